The maximum Gasteiger partial charge on any atom is 0.134 e. The second-order valence-corrected chi connectivity index (χ2v) is 3.19. The first-order valence-corrected chi connectivity index (χ1v) is 4.42. The van der Waals surface area contributed by atoms with Crippen molar-refractivity contribution in [3.8, 4) is 5.75 Å². The molecule has 0 amide bonds. The molecule has 0 aliphatic rings. The summed E-state index contributed by atoms with van der Waals surface area (Å²) < 4.78 is 26.4. The van der Waals surface area contributed by atoms with Crippen LogP contribution in [-0.4, -0.2) is 12.2 Å². The zero-order valence-electron chi connectivity index (χ0n) is 8.01. The maximum atomic E-state index is 13.4. The molecule has 0 bridgehead atoms. The van der Waals surface area contributed by atoms with E-state index in [0.717, 1.165) is 6.07 Å². The van der Waals surface area contributed by atoms with Gasteiger partial charge in [-0.05, 0) is 18.2 Å². The van der Waals surface area contributed by atoms with Crippen LogP contribution in [0.1, 0.15) is 0 Å². The van der Waals surface area contributed by atoms with E-state index in [1.54, 1.807) is 7.05 Å². The normalized spacial score (nSPS) is 10.6. The predicted molar refractivity (Wildman–Crippen MR) is 55.1 cm³/mol. The lowest BCUT2D eigenvalue weighted by atomic mass is 10.1. The number of fused-ring (bicyclic) bond motifs is 1. The molecule has 0 heterocycles. The molecule has 0 aliphatic carbocycles. The zero-order chi connectivity index (χ0) is 11.0. The van der Waals surface area contributed by atoms with Gasteiger partial charge in [0, 0.05) is 24.2 Å². The van der Waals surface area contributed by atoms with E-state index in [1.807, 2.05) is 0 Å². The van der Waals surface area contributed by atoms with Crippen LogP contribution in [-0.2, 0) is 0 Å². The Morgan fingerprint density at radius 1 is 1.20 bits per heavy atom. The second kappa shape index (κ2) is 3.38. The lowest BCUT2D eigenvalue weighted by Gasteiger charge is -2.08. The van der Waals surface area contributed by atoms with Crippen molar-refractivity contribution in [1.29, 1.82) is 0 Å². The smallest absolute Gasteiger partial charge is 0.134 e. The van der Waals surface area contributed by atoms with Crippen molar-refractivity contribution >= 4 is 16.5 Å². The Labute approximate surface area is 85.2 Å². The van der Waals surface area contributed by atoms with E-state index in [-0.39, 0.29) is 11.1 Å². The van der Waals surface area contributed by atoms with Gasteiger partial charge in [0.05, 0.1) is 5.39 Å². The molecule has 0 saturated carbocycles. The van der Waals surface area contributed by atoms with Gasteiger partial charge in [0.2, 0.25) is 0 Å². The standard InChI is InChI=1S/C11H9F2NO/c1-14-9-3-2-8(13)11-7(9)4-6(12)5-10(11)15/h2-5,14-15H,1H3. The van der Waals surface area contributed by atoms with Crippen molar-refractivity contribution in [3.63, 3.8) is 0 Å². The van der Waals surface area contributed by atoms with Crippen LogP contribution in [0, 0.1) is 11.6 Å². The number of phenols is 1. The van der Waals surface area contributed by atoms with Crippen LogP contribution in [0.25, 0.3) is 10.8 Å². The van der Waals surface area contributed by atoms with Crippen LogP contribution in [0.15, 0.2) is 24.3 Å². The number of nitrogens with one attached hydrogen (secondary N) is 1. The molecule has 2 rings (SSSR count). The van der Waals surface area contributed by atoms with Gasteiger partial charge < -0.3 is 10.4 Å². The van der Waals surface area contributed by atoms with Gasteiger partial charge in [-0.15, -0.1) is 0 Å². The quantitative estimate of drug-likeness (QED) is 0.756. The van der Waals surface area contributed by atoms with Crippen LogP contribution in [0.2, 0.25) is 0 Å². The first-order chi connectivity index (χ1) is 7.13. The Balaban J connectivity index is 2.93. The fourth-order valence-corrected chi connectivity index (χ4v) is 1.60. The molecule has 2 aromatic carbocycles. The molecule has 0 atom stereocenters. The Bertz CT molecular complexity index is 525. The van der Waals surface area contributed by atoms with E-state index in [1.165, 1.54) is 18.2 Å². The summed E-state index contributed by atoms with van der Waals surface area (Å²) in [6.45, 7) is 0. The highest BCUT2D eigenvalue weighted by Crippen LogP contribution is 2.33. The summed E-state index contributed by atoms with van der Waals surface area (Å²) in [6, 6.07) is 4.80. The maximum absolute atomic E-state index is 13.4. The van der Waals surface area contributed by atoms with Crippen molar-refractivity contribution in [2.75, 3.05) is 12.4 Å². The first kappa shape index (κ1) is 9.71. The lowest BCUT2D eigenvalue weighted by Crippen LogP contribution is -1.92. The van der Waals surface area contributed by atoms with E-state index in [0.29, 0.717) is 11.1 Å². The van der Waals surface area contributed by atoms with Crippen LogP contribution < -0.4 is 5.32 Å². The molecule has 0 spiro atoms. The molecular formula is C11H9F2NO. The fraction of sp³-hybridized carbons (Fsp3) is 0.0909. The number of rotatable bonds is 1. The van der Waals surface area contributed by atoms with Crippen LogP contribution in [0.4, 0.5) is 14.5 Å². The van der Waals surface area contributed by atoms with Gasteiger partial charge in [-0.3, -0.25) is 0 Å². The third kappa shape index (κ3) is 1.48. The SMILES string of the molecule is CNc1ccc(F)c2c(O)cc(F)cc12. The largest absolute Gasteiger partial charge is 0.507 e. The lowest BCUT2D eigenvalue weighted by molar-refractivity contribution is 0.473. The van der Waals surface area contributed by atoms with Gasteiger partial charge in [-0.2, -0.15) is 0 Å². The molecule has 2 aromatic rings. The van der Waals surface area contributed by atoms with Gasteiger partial charge in [0.25, 0.3) is 0 Å². The van der Waals surface area contributed by atoms with E-state index in [2.05, 4.69) is 5.32 Å². The van der Waals surface area contributed by atoms with Gasteiger partial charge in [0.15, 0.2) is 0 Å². The predicted octanol–water partition coefficient (Wildman–Crippen LogP) is 2.87. The molecule has 0 fully saturated rings. The Hall–Kier alpha value is -1.84. The Kier molecular flexibility index (Phi) is 2.19. The highest BCUT2D eigenvalue weighted by atomic mass is 19.1. The third-order valence-corrected chi connectivity index (χ3v) is 2.28. The summed E-state index contributed by atoms with van der Waals surface area (Å²) in [5, 5.41) is 12.6. The van der Waals surface area contributed by atoms with Gasteiger partial charge in [-0.25, -0.2) is 8.78 Å². The molecule has 15 heavy (non-hydrogen) atoms. The minimum atomic E-state index is -0.595. The fourth-order valence-electron chi connectivity index (χ4n) is 1.60. The molecule has 0 aromatic heterocycles. The van der Waals surface area contributed by atoms with Crippen LogP contribution in [0.5, 0.6) is 5.75 Å². The molecule has 78 valence electrons. The zero-order valence-corrected chi connectivity index (χ0v) is 8.01. The van der Waals surface area contributed by atoms with Crippen LogP contribution >= 0.6 is 0 Å². The van der Waals surface area contributed by atoms with Gasteiger partial charge >= 0.3 is 0 Å². The summed E-state index contributed by atoms with van der Waals surface area (Å²) in [6.07, 6.45) is 0. The number of anilines is 1. The minimum absolute atomic E-state index is 0.0308. The highest BCUT2D eigenvalue weighted by Gasteiger charge is 2.10. The summed E-state index contributed by atoms with van der Waals surface area (Å²) in [4.78, 5) is 0. The summed E-state index contributed by atoms with van der Waals surface area (Å²) in [5.74, 6) is -1.55. The number of benzene rings is 2. The molecule has 0 radical (unpaired) electrons. The first-order valence-electron chi connectivity index (χ1n) is 4.42. The van der Waals surface area contributed by atoms with Crippen LogP contribution in [0.3, 0.4) is 0 Å². The minimum Gasteiger partial charge on any atom is -0.507 e. The summed E-state index contributed by atoms with van der Waals surface area (Å²) in [7, 11) is 1.65. The molecule has 2 nitrogen and oxygen atoms in total. The topological polar surface area (TPSA) is 32.3 Å². The number of hydrogen-bond donors (Lipinski definition) is 2. The third-order valence-electron chi connectivity index (χ3n) is 2.28. The highest BCUT2D eigenvalue weighted by molar-refractivity contribution is 5.97. The molecule has 4 heteroatoms. The molecule has 0 aliphatic heterocycles. The molecular weight excluding hydrogens is 200 g/mol. The summed E-state index contributed by atoms with van der Waals surface area (Å²) in [5.41, 5.74) is 0.571. The van der Waals surface area contributed by atoms with Crippen molar-refractivity contribution in [2.24, 2.45) is 0 Å². The summed E-state index contributed by atoms with van der Waals surface area (Å²) >= 11 is 0. The van der Waals surface area contributed by atoms with Crippen molar-refractivity contribution in [3.05, 3.63) is 35.9 Å². The number of hydrogen-bond acceptors (Lipinski definition) is 2. The Morgan fingerprint density at radius 2 is 1.93 bits per heavy atom. The number of halogens is 2. The van der Waals surface area contributed by atoms with E-state index >= 15 is 0 Å². The van der Waals surface area contributed by atoms with E-state index < -0.39 is 11.6 Å². The number of aromatic hydroxyl groups is 1. The van der Waals surface area contributed by atoms with Crippen molar-refractivity contribution < 1.29 is 13.9 Å². The molecule has 0 unspecified atom stereocenters. The average Bonchev–Trinajstić information content (AvgIpc) is 2.17. The van der Waals surface area contributed by atoms with Crippen molar-refractivity contribution in [1.82, 2.24) is 0 Å². The van der Waals surface area contributed by atoms with Crippen molar-refractivity contribution in [2.45, 2.75) is 0 Å². The van der Waals surface area contributed by atoms with Gasteiger partial charge in [0.1, 0.15) is 17.4 Å². The van der Waals surface area contributed by atoms with E-state index in [4.69, 9.17) is 0 Å². The molecule has 0 saturated heterocycles. The van der Waals surface area contributed by atoms with E-state index in [9.17, 15) is 13.9 Å². The monoisotopic (exact) mass is 209 g/mol. The second-order valence-electron chi connectivity index (χ2n) is 3.19. The number of phenolic OH excluding ortho intramolecular Hbond substituents is 1. The molecule has 2 N–H and O–H groups in total. The van der Waals surface area contributed by atoms with Gasteiger partial charge in [-0.1, -0.05) is 0 Å². The average molecular weight is 209 g/mol. The Morgan fingerprint density at radius 3 is 2.60 bits per heavy atom.